The summed E-state index contributed by atoms with van der Waals surface area (Å²) < 4.78 is 0. The van der Waals surface area contributed by atoms with Gasteiger partial charge in [0.05, 0.1) is 68.7 Å². The van der Waals surface area contributed by atoms with E-state index in [1.54, 1.807) is 6.26 Å². The zero-order valence-electron chi connectivity index (χ0n) is 63.5. The summed E-state index contributed by atoms with van der Waals surface area (Å²) in [5.41, 5.74) is 5.44. The van der Waals surface area contributed by atoms with Crippen LogP contribution in [0.2, 0.25) is 0 Å². The first-order chi connectivity index (χ1) is 55.5. The Labute approximate surface area is 678 Å². The quantitative estimate of drug-likeness (QED) is 0.0233. The number of nitrogens with zero attached hydrogens (tertiary/aromatic N) is 3. The molecule has 0 spiro atoms. The lowest BCUT2D eigenvalue weighted by molar-refractivity contribution is -0.142. The van der Waals surface area contributed by atoms with Crippen LogP contribution >= 0.6 is 21.6 Å². The van der Waals surface area contributed by atoms with Gasteiger partial charge in [-0.25, -0.2) is 19.6 Å². The van der Waals surface area contributed by atoms with Crippen molar-refractivity contribution in [1.82, 2.24) is 57.2 Å². The molecule has 1 aromatic carbocycles. The third kappa shape index (κ3) is 35.9. The highest BCUT2D eigenvalue weighted by molar-refractivity contribution is 8.76. The second kappa shape index (κ2) is 52.3. The van der Waals surface area contributed by atoms with Crippen molar-refractivity contribution < 1.29 is 164 Å². The maximum atomic E-state index is 14.8. The van der Waals surface area contributed by atoms with Crippen LogP contribution in [-0.4, -0.2) is 348 Å². The van der Waals surface area contributed by atoms with Gasteiger partial charge < -0.3 is 145 Å². The Kier molecular flexibility index (Phi) is 45.4. The number of carbonyl (C=O) groups excluding carboxylic acids is 10. The van der Waals surface area contributed by atoms with E-state index in [9.17, 15) is 164 Å². The minimum Gasteiger partial charge on any atom is -0.481 e. The first-order valence-electron chi connectivity index (χ1n) is 36.5. The van der Waals surface area contributed by atoms with Crippen LogP contribution in [0.1, 0.15) is 112 Å². The molecule has 0 aliphatic carbocycles. The van der Waals surface area contributed by atoms with Crippen LogP contribution in [0.5, 0.6) is 0 Å². The van der Waals surface area contributed by atoms with Crippen LogP contribution < -0.4 is 53.8 Å². The third-order valence-corrected chi connectivity index (χ3v) is 20.1. The van der Waals surface area contributed by atoms with Crippen LogP contribution in [0.3, 0.4) is 0 Å². The number of hydrogen-bond donors (Lipinski definition) is 29. The fraction of sp³-hybridized carbons (Fsp3) is 0.623. The van der Waals surface area contributed by atoms with Crippen molar-refractivity contribution in [3.63, 3.8) is 0 Å². The van der Waals surface area contributed by atoms with Crippen molar-refractivity contribution in [3.8, 4) is 0 Å². The van der Waals surface area contributed by atoms with Crippen molar-refractivity contribution in [2.75, 3.05) is 62.5 Å². The van der Waals surface area contributed by atoms with E-state index in [0.717, 1.165) is 21.6 Å². The Morgan fingerprint density at radius 3 is 1.23 bits per heavy atom. The number of H-pyrrole nitrogens is 1. The van der Waals surface area contributed by atoms with Crippen LogP contribution in [-0.2, 0) is 68.9 Å². The Balaban J connectivity index is 2.07. The molecule has 0 radical (unpaired) electrons. The molecule has 0 aliphatic heterocycles. The highest BCUT2D eigenvalue weighted by Gasteiger charge is 2.38. The van der Waals surface area contributed by atoms with Gasteiger partial charge in [0.2, 0.25) is 41.4 Å². The first-order valence-corrected chi connectivity index (χ1v) is 39.3. The van der Waals surface area contributed by atoms with Gasteiger partial charge in [-0.2, -0.15) is 4.98 Å². The molecule has 0 unspecified atom stereocenters. The fourth-order valence-electron chi connectivity index (χ4n) is 11.1. The molecule has 0 saturated heterocycles. The van der Waals surface area contributed by atoms with Crippen LogP contribution in [0, 0.1) is 17.8 Å². The van der Waals surface area contributed by atoms with Gasteiger partial charge in [0.15, 0.2) is 22.7 Å². The average Bonchev–Trinajstić information content (AvgIpc) is 0.809. The van der Waals surface area contributed by atoms with Gasteiger partial charge in [0.1, 0.15) is 72.8 Å². The Morgan fingerprint density at radius 2 is 0.847 bits per heavy atom. The maximum Gasteiger partial charge on any atom is 0.327 e. The number of nitrogens with two attached hydrogens (primary N) is 1. The van der Waals surface area contributed by atoms with Gasteiger partial charge in [0, 0.05) is 112 Å². The molecule has 0 saturated carbocycles. The molecule has 47 nitrogen and oxygen atoms in total. The van der Waals surface area contributed by atoms with Gasteiger partial charge >= 0.3 is 23.9 Å². The van der Waals surface area contributed by atoms with Crippen molar-refractivity contribution in [3.05, 3.63) is 52.1 Å². The molecule has 3 aromatic rings. The summed E-state index contributed by atoms with van der Waals surface area (Å²) in [5, 5.41) is 208. The number of benzene rings is 1. The van der Waals surface area contributed by atoms with Gasteiger partial charge in [-0.3, -0.25) is 67.3 Å². The fourth-order valence-corrected chi connectivity index (χ4v) is 12.5. The van der Waals surface area contributed by atoms with E-state index < -0.39 is 339 Å². The lowest BCUT2D eigenvalue weighted by Gasteiger charge is -2.26. The normalized spacial score (nSPS) is 16.3. The van der Waals surface area contributed by atoms with Crippen LogP contribution in [0.4, 0.5) is 11.6 Å². The summed E-state index contributed by atoms with van der Waals surface area (Å²) in [4.78, 5) is 216. The summed E-state index contributed by atoms with van der Waals surface area (Å²) in [5.74, 6) is -23.8. The molecule has 19 atom stereocenters. The van der Waals surface area contributed by atoms with Crippen molar-refractivity contribution in [2.45, 2.75) is 200 Å². The molecule has 30 N–H and O–H groups in total. The molecule has 3 rings (SSSR count). The summed E-state index contributed by atoms with van der Waals surface area (Å²) in [6, 6.07) is -2.06. The molecule has 2 heterocycles. The highest BCUT2D eigenvalue weighted by Crippen LogP contribution is 2.24. The van der Waals surface area contributed by atoms with Crippen molar-refractivity contribution >= 4 is 127 Å². The molecule has 118 heavy (non-hydrogen) atoms. The number of aromatic amines is 1. The molecule has 0 bridgehead atoms. The van der Waals surface area contributed by atoms with Gasteiger partial charge in [-0.05, 0) is 69.0 Å². The molecule has 0 fully saturated rings. The summed E-state index contributed by atoms with van der Waals surface area (Å²) in [6.45, 7) is -5.81. The standard InChI is InChI=1S/C69H103N13O34S2/c1-117-118-29-40(68(115)116)80-65(111)33(6-15-51(97)74-25-45(91)57(104)60(107)48(94)28-85)20-42(88)38(12-17-53(100)101)78-64(110)32(5-14-50(96)73-24-44(90)56(103)59(106)47(93)27-84)19-41(87)37(11-16-52(98)99)77-63(109)31(4-13-49(95)72-23-43(89)55(102)58(105)46(92)26-83)18-36(86)9-10-39(67(113)114)79-62(108)30-2-7-34(8-3-30)71-21-35-22-75-61-54(76-35)66(112)82-69(70)81-61/h2-3,7-8,22,31-33,37-40,43-48,55-60,71,83-85,89-94,102-107H,4-6,9-21,23-29H2,1H3,(H,72,95)(H,73,96)(H,74,97)(H,77,109)(H,78,110)(H,79,108)(H,80,111)(H,98,99)(H,100,101)(H,113,114)(H,115,116)(H3,70,75,81,82,112)/t31-,32-,33-,37+,38+,39+,40+,43+,44+,45+,46-,47-,48-,55-,56-,57-,58-,59-,60-/m1/s1. The molecule has 2 aromatic heterocycles. The minimum absolute atomic E-state index is 0.0104. The van der Waals surface area contributed by atoms with E-state index in [1.807, 2.05) is 0 Å². The molecule has 660 valence electrons. The maximum absolute atomic E-state index is 14.8. The Morgan fingerprint density at radius 1 is 0.466 bits per heavy atom. The van der Waals surface area contributed by atoms with Gasteiger partial charge in [0.25, 0.3) is 11.5 Å². The van der Waals surface area contributed by atoms with E-state index >= 15 is 0 Å². The zero-order valence-corrected chi connectivity index (χ0v) is 65.1. The number of aliphatic hydroxyl groups is 15. The SMILES string of the molecule is CSSC[C@H](NC(=O)[C@H](CCC(=O)NC[C@H](O)[C@@H](O)[C@H](O)[C@H](O)CO)CC(=O)[C@H](CCC(=O)O)NC(=O)[C@H](CCC(=O)NC[C@H](O)[C@@H](O)[C@H](O)[C@H](O)CO)CC(=O)[C@H](CCC(=O)O)NC(=O)[C@H](CCC(=O)NC[C@H](O)[C@@H](O)[C@H](O)[C@H](O)CO)CC(=O)CC[C@H](NC(=O)c1ccc(NCc2cnc3nc(N)[nH]c(=O)c3n2)cc1)C(=O)O)C(=O)O. The van der Waals surface area contributed by atoms with E-state index in [2.05, 4.69) is 62.5 Å². The number of carbonyl (C=O) groups is 14. The van der Waals surface area contributed by atoms with Crippen LogP contribution in [0.25, 0.3) is 11.2 Å². The van der Waals surface area contributed by atoms with Gasteiger partial charge in [-0.15, -0.1) is 0 Å². The number of ketones is 3. The molecule has 49 heteroatoms. The summed E-state index contributed by atoms with van der Waals surface area (Å²) in [7, 11) is 2.07. The van der Waals surface area contributed by atoms with E-state index in [0.29, 0.717) is 11.4 Å². The largest absolute Gasteiger partial charge is 0.481 e. The predicted molar refractivity (Wildman–Crippen MR) is 407 cm³/mol. The number of aromatic nitrogens is 4. The molecule has 7 amide bonds. The Hall–Kier alpha value is -9.68. The number of aliphatic hydroxyl groups excluding tert-OH is 15. The number of carboxylic acid groups (broad SMARTS) is 4. The van der Waals surface area contributed by atoms with E-state index in [-0.39, 0.29) is 35.0 Å². The Bertz CT molecular complexity index is 3910. The van der Waals surface area contributed by atoms with Crippen molar-refractivity contribution in [1.29, 1.82) is 0 Å². The highest BCUT2D eigenvalue weighted by atomic mass is 33.1. The molecule has 0 aliphatic rings. The number of Topliss-reactive ketones (excluding diaryl/α,β-unsaturated/α-hetero) is 3. The lowest BCUT2D eigenvalue weighted by atomic mass is 9.89. The number of anilines is 2. The van der Waals surface area contributed by atoms with E-state index in [4.69, 9.17) is 10.8 Å². The number of fused-ring (bicyclic) bond motifs is 1. The van der Waals surface area contributed by atoms with Crippen LogP contribution in [0.15, 0.2) is 35.3 Å². The number of nitrogens with one attached hydrogen (secondary N) is 9. The topological polar surface area (TPSA) is 817 Å². The number of aliphatic carboxylic acids is 4. The molecular formula is C69H103N13O34S2. The predicted octanol–water partition coefficient (Wildman–Crippen LogP) is -10.1. The first kappa shape index (κ1) is 103. The summed E-state index contributed by atoms with van der Waals surface area (Å²) in [6.07, 6.45) is -34.8. The monoisotopic (exact) mass is 1720 g/mol. The zero-order chi connectivity index (χ0) is 88.8. The molecular weight excluding hydrogens is 1620 g/mol. The smallest absolute Gasteiger partial charge is 0.327 e. The second-order valence-electron chi connectivity index (χ2n) is 27.3. The van der Waals surface area contributed by atoms with Crippen molar-refractivity contribution in [2.24, 2.45) is 17.8 Å². The second-order valence-corrected chi connectivity index (χ2v) is 29.9. The number of rotatable bonds is 60. The lowest BCUT2D eigenvalue weighted by Crippen LogP contribution is -2.50. The number of nitrogen functional groups attached to an aromatic ring is 1. The third-order valence-electron chi connectivity index (χ3n) is 18.2. The number of carboxylic acids is 4. The number of hydrogen-bond acceptors (Lipinski definition) is 37. The average molecular weight is 1720 g/mol. The van der Waals surface area contributed by atoms with E-state index in [1.165, 1.54) is 30.5 Å². The summed E-state index contributed by atoms with van der Waals surface area (Å²) >= 11 is 0. The number of amides is 7. The minimum atomic E-state index is -2.22. The van der Waals surface area contributed by atoms with Gasteiger partial charge in [-0.1, -0.05) is 21.6 Å².